The molecule has 1 saturated carbocycles. The molecular formula is C24H47IrP3. The molecule has 4 heteroatoms. The zero-order chi connectivity index (χ0) is 21.1. The Hall–Kier alpha value is 1.16. The van der Waals surface area contributed by atoms with Crippen molar-refractivity contribution in [2.24, 2.45) is 5.92 Å². The van der Waals surface area contributed by atoms with E-state index in [4.69, 9.17) is 0 Å². The molecule has 167 valence electrons. The van der Waals surface area contributed by atoms with Gasteiger partial charge < -0.3 is 0 Å². The van der Waals surface area contributed by atoms with Gasteiger partial charge in [0.15, 0.2) is 0 Å². The molecule has 0 heterocycles. The maximum Gasteiger partial charge on any atom is 0 e. The molecule has 0 aromatic heterocycles. The van der Waals surface area contributed by atoms with Crippen molar-refractivity contribution in [3.8, 4) is 0 Å². The summed E-state index contributed by atoms with van der Waals surface area (Å²) in [6.45, 7) is 20.1. The van der Waals surface area contributed by atoms with Crippen LogP contribution in [0.15, 0.2) is 30.3 Å². The minimum absolute atomic E-state index is 0. The first-order chi connectivity index (χ1) is 12.6. The third-order valence-corrected chi connectivity index (χ3v) is 3.26. The second kappa shape index (κ2) is 24.4. The number of benzene rings is 1. The molecule has 1 aliphatic carbocycles. The van der Waals surface area contributed by atoms with Crippen molar-refractivity contribution < 1.29 is 20.1 Å². The summed E-state index contributed by atoms with van der Waals surface area (Å²) < 4.78 is 0. The molecule has 0 saturated heterocycles. The van der Waals surface area contributed by atoms with Gasteiger partial charge in [-0.25, -0.2) is 0 Å². The largest absolute Gasteiger partial charge is 0.116 e. The van der Waals surface area contributed by atoms with Crippen LogP contribution in [0.5, 0.6) is 0 Å². The van der Waals surface area contributed by atoms with E-state index < -0.39 is 0 Å². The smallest absolute Gasteiger partial charge is 0 e. The van der Waals surface area contributed by atoms with E-state index in [0.717, 1.165) is 5.92 Å². The third kappa shape index (κ3) is 34.7. The molecule has 3 radical (unpaired) electrons. The van der Waals surface area contributed by atoms with Crippen LogP contribution in [0.3, 0.4) is 0 Å². The maximum absolute atomic E-state index is 2.36. The first-order valence-electron chi connectivity index (χ1n) is 10.2. The van der Waals surface area contributed by atoms with Crippen molar-refractivity contribution >= 4 is 23.8 Å². The van der Waals surface area contributed by atoms with E-state index in [1.54, 1.807) is 0 Å². The second-order valence-corrected chi connectivity index (χ2v) is 16.6. The van der Waals surface area contributed by atoms with Gasteiger partial charge in [0.1, 0.15) is 0 Å². The molecule has 1 unspecified atom stereocenters. The van der Waals surface area contributed by atoms with Crippen molar-refractivity contribution in [2.75, 3.05) is 60.0 Å². The van der Waals surface area contributed by atoms with Gasteiger partial charge in [-0.3, -0.25) is 0 Å². The molecule has 1 aromatic rings. The Morgan fingerprint density at radius 3 is 1.57 bits per heavy atom. The Labute approximate surface area is 196 Å². The van der Waals surface area contributed by atoms with E-state index in [2.05, 4.69) is 103 Å². The summed E-state index contributed by atoms with van der Waals surface area (Å²) in [6, 6.07) is 10.9. The van der Waals surface area contributed by atoms with Crippen molar-refractivity contribution in [2.45, 2.75) is 38.5 Å². The van der Waals surface area contributed by atoms with E-state index in [-0.39, 0.29) is 20.1 Å². The first kappa shape index (κ1) is 33.8. The molecule has 0 nitrogen and oxygen atoms in total. The van der Waals surface area contributed by atoms with Gasteiger partial charge in [0.05, 0.1) is 0 Å². The van der Waals surface area contributed by atoms with Crippen LogP contribution in [0.1, 0.15) is 37.7 Å². The Balaban J connectivity index is -0.000000401. The zero-order valence-corrected chi connectivity index (χ0v) is 25.1. The summed E-state index contributed by atoms with van der Waals surface area (Å²) in [7, 11) is 1.14. The van der Waals surface area contributed by atoms with Gasteiger partial charge in [-0.05, 0) is 110 Å². The quantitative estimate of drug-likeness (QED) is 0.292. The van der Waals surface area contributed by atoms with Crippen LogP contribution in [0.4, 0.5) is 0 Å². The fourth-order valence-electron chi connectivity index (χ4n) is 2.39. The molecule has 1 atom stereocenters. The molecule has 1 aliphatic rings. The number of hydrogen-bond donors (Lipinski definition) is 0. The van der Waals surface area contributed by atoms with Crippen molar-refractivity contribution in [1.82, 2.24) is 0 Å². The number of hydrogen-bond acceptors (Lipinski definition) is 0. The standard InChI is InChI=1S/C15H20.3C3H9P.Ir/c1-2-5-9-14(10-6-3-1)13-15-11-7-4-8-12-15;3*1-4(2)3;/h1-2,4,7-8,11-12,14H,3,5-6,9-10,13H2;3*1-3H3;. The summed E-state index contributed by atoms with van der Waals surface area (Å²) in [4.78, 5) is 0. The first-order valence-corrected chi connectivity index (χ1v) is 18.2. The van der Waals surface area contributed by atoms with Crippen LogP contribution < -0.4 is 0 Å². The van der Waals surface area contributed by atoms with Crippen LogP contribution in [-0.4, -0.2) is 60.0 Å². The second-order valence-electron chi connectivity index (χ2n) is 8.56. The van der Waals surface area contributed by atoms with Crippen molar-refractivity contribution in [3.63, 3.8) is 0 Å². The van der Waals surface area contributed by atoms with Crippen LogP contribution in [0.25, 0.3) is 0 Å². The number of rotatable bonds is 2. The predicted molar refractivity (Wildman–Crippen MR) is 139 cm³/mol. The van der Waals surface area contributed by atoms with Gasteiger partial charge in [0.2, 0.25) is 0 Å². The van der Waals surface area contributed by atoms with Crippen LogP contribution in [0, 0.1) is 18.8 Å². The van der Waals surface area contributed by atoms with Gasteiger partial charge in [-0.1, -0.05) is 43.2 Å². The Morgan fingerprint density at radius 2 is 1.11 bits per heavy atom. The maximum atomic E-state index is 2.36. The summed E-state index contributed by atoms with van der Waals surface area (Å²) in [5, 5.41) is 0. The molecule has 0 aliphatic heterocycles. The zero-order valence-electron chi connectivity index (χ0n) is 20.0. The molecule has 0 bridgehead atoms. The molecule has 1 fully saturated rings. The van der Waals surface area contributed by atoms with Gasteiger partial charge in [-0.15, -0.1) is 23.8 Å². The average Bonchev–Trinajstić information content (AvgIpc) is 2.49. The van der Waals surface area contributed by atoms with E-state index in [1.165, 1.54) is 44.1 Å². The van der Waals surface area contributed by atoms with Crippen molar-refractivity contribution in [1.29, 1.82) is 0 Å². The van der Waals surface area contributed by atoms with Gasteiger partial charge in [0.25, 0.3) is 0 Å². The molecule has 0 N–H and O–H groups in total. The summed E-state index contributed by atoms with van der Waals surface area (Å²) >= 11 is 0. The topological polar surface area (TPSA) is 0 Å². The summed E-state index contributed by atoms with van der Waals surface area (Å²) in [6.07, 6.45) is 12.7. The van der Waals surface area contributed by atoms with E-state index in [9.17, 15) is 0 Å². The molecule has 0 amide bonds. The summed E-state index contributed by atoms with van der Waals surface area (Å²) in [5.41, 5.74) is 1.51. The fourth-order valence-corrected chi connectivity index (χ4v) is 2.39. The fraction of sp³-hybridized carbons (Fsp3) is 0.667. The van der Waals surface area contributed by atoms with Crippen LogP contribution >= 0.6 is 23.8 Å². The third-order valence-electron chi connectivity index (χ3n) is 3.26. The van der Waals surface area contributed by atoms with Gasteiger partial charge in [-0.2, -0.15) is 0 Å². The molecule has 28 heavy (non-hydrogen) atoms. The average molecular weight is 621 g/mol. The molecule has 2 rings (SSSR count). The molecule has 0 spiro atoms. The SMILES string of the molecule is CP(C)C.CP(C)C.CP(C)C.[CH]1[CH]CCC(Cc2ccccc2)CCC1.[Ir]. The van der Waals surface area contributed by atoms with E-state index in [1.807, 2.05) is 0 Å². The van der Waals surface area contributed by atoms with E-state index in [0.29, 0.717) is 23.8 Å². The minimum atomic E-state index is 0. The Morgan fingerprint density at radius 1 is 0.679 bits per heavy atom. The van der Waals surface area contributed by atoms with Crippen molar-refractivity contribution in [3.05, 3.63) is 48.7 Å². The van der Waals surface area contributed by atoms with Gasteiger partial charge in [0, 0.05) is 20.1 Å². The molecular weight excluding hydrogens is 573 g/mol. The van der Waals surface area contributed by atoms with Gasteiger partial charge >= 0.3 is 0 Å². The Bertz CT molecular complexity index is 364. The van der Waals surface area contributed by atoms with E-state index >= 15 is 0 Å². The predicted octanol–water partition coefficient (Wildman–Crippen LogP) is 8.29. The van der Waals surface area contributed by atoms with Crippen LogP contribution in [0.2, 0.25) is 0 Å². The summed E-state index contributed by atoms with van der Waals surface area (Å²) in [5.74, 6) is 0.900. The normalized spacial score (nSPS) is 14.3. The molecule has 1 aromatic carbocycles. The monoisotopic (exact) mass is 621 g/mol. The van der Waals surface area contributed by atoms with Crippen LogP contribution in [-0.2, 0) is 26.5 Å². The minimum Gasteiger partial charge on any atom is -0.116 e. The Kier molecular flexibility index (Phi) is 29.5.